The second-order valence-corrected chi connectivity index (χ2v) is 5.38. The Bertz CT molecular complexity index is 604. The van der Waals surface area contributed by atoms with Crippen LogP contribution < -0.4 is 4.74 Å². The molecule has 0 radical (unpaired) electrons. The molecule has 0 aromatic heterocycles. The molecule has 6 heteroatoms. The predicted octanol–water partition coefficient (Wildman–Crippen LogP) is 4.40. The smallest absolute Gasteiger partial charge is 0.310 e. The van der Waals surface area contributed by atoms with Crippen molar-refractivity contribution in [3.8, 4) is 5.75 Å². The van der Waals surface area contributed by atoms with Gasteiger partial charge in [-0.05, 0) is 48.8 Å². The summed E-state index contributed by atoms with van der Waals surface area (Å²) < 4.78 is 24.3. The average molecular weight is 373 g/mol. The maximum atomic E-state index is 13.4. The fourth-order valence-electron chi connectivity index (χ4n) is 1.62. The number of allylic oxidation sites excluding steroid dienone is 4. The Kier molecular flexibility index (Phi) is 7.11. The molecular formula is C16H18BrFO4. The van der Waals surface area contributed by atoms with E-state index in [-0.39, 0.29) is 24.5 Å². The normalized spacial score (nSPS) is 12.7. The molecule has 1 aromatic carbocycles. The maximum absolute atomic E-state index is 13.4. The van der Waals surface area contributed by atoms with Crippen molar-refractivity contribution in [3.63, 3.8) is 0 Å². The maximum Gasteiger partial charge on any atom is 0.310 e. The van der Waals surface area contributed by atoms with E-state index in [0.29, 0.717) is 15.8 Å². The molecule has 0 saturated carbocycles. The third-order valence-electron chi connectivity index (χ3n) is 2.62. The van der Waals surface area contributed by atoms with Crippen LogP contribution in [0.15, 0.2) is 40.3 Å². The van der Waals surface area contributed by atoms with Crippen molar-refractivity contribution in [1.29, 1.82) is 0 Å². The van der Waals surface area contributed by atoms with Crippen LogP contribution >= 0.6 is 15.9 Å². The van der Waals surface area contributed by atoms with Crippen LogP contribution in [-0.2, 0) is 16.0 Å². The summed E-state index contributed by atoms with van der Waals surface area (Å²) in [5.74, 6) is -0.126. The average Bonchev–Trinajstić information content (AvgIpc) is 2.41. The number of aliphatic hydroxyl groups is 1. The number of esters is 1. The number of halogens is 2. The van der Waals surface area contributed by atoms with E-state index in [1.54, 1.807) is 19.9 Å². The van der Waals surface area contributed by atoms with E-state index < -0.39 is 11.8 Å². The van der Waals surface area contributed by atoms with Gasteiger partial charge in [-0.15, -0.1) is 0 Å². The first kappa shape index (κ1) is 18.2. The molecule has 0 saturated heterocycles. The third-order valence-corrected chi connectivity index (χ3v) is 3.42. The van der Waals surface area contributed by atoms with E-state index in [4.69, 9.17) is 9.47 Å². The van der Waals surface area contributed by atoms with Gasteiger partial charge in [-0.25, -0.2) is 4.39 Å². The molecule has 0 unspecified atom stereocenters. The highest BCUT2D eigenvalue weighted by Gasteiger charge is 2.12. The SMILES string of the molecule is CCOC(=O)Cc1ccc(F)cc1OC(C)=C/C(Br)=C(\C)O. The van der Waals surface area contributed by atoms with Crippen LogP contribution in [0.25, 0.3) is 0 Å². The zero-order valence-electron chi connectivity index (χ0n) is 12.7. The van der Waals surface area contributed by atoms with E-state index in [0.717, 1.165) is 0 Å². The topological polar surface area (TPSA) is 55.8 Å². The monoisotopic (exact) mass is 372 g/mol. The van der Waals surface area contributed by atoms with E-state index in [2.05, 4.69) is 15.9 Å². The number of benzene rings is 1. The lowest BCUT2D eigenvalue weighted by Crippen LogP contribution is -2.09. The summed E-state index contributed by atoms with van der Waals surface area (Å²) in [6.07, 6.45) is 1.54. The number of ether oxygens (including phenoxy) is 2. The Hall–Kier alpha value is -1.82. The summed E-state index contributed by atoms with van der Waals surface area (Å²) in [4.78, 5) is 11.6. The number of hydrogen-bond donors (Lipinski definition) is 1. The highest BCUT2D eigenvalue weighted by Crippen LogP contribution is 2.24. The number of carbonyl (C=O) groups is 1. The molecule has 0 aliphatic heterocycles. The molecule has 0 bridgehead atoms. The lowest BCUT2D eigenvalue weighted by atomic mass is 10.1. The number of hydrogen-bond acceptors (Lipinski definition) is 4. The van der Waals surface area contributed by atoms with Gasteiger partial charge in [-0.2, -0.15) is 0 Å². The first-order valence-corrected chi connectivity index (χ1v) is 7.48. The minimum atomic E-state index is -0.469. The summed E-state index contributed by atoms with van der Waals surface area (Å²) in [5, 5.41) is 9.32. The van der Waals surface area contributed by atoms with Gasteiger partial charge in [0.15, 0.2) is 0 Å². The summed E-state index contributed by atoms with van der Waals surface area (Å²) in [6.45, 7) is 5.17. The summed E-state index contributed by atoms with van der Waals surface area (Å²) in [7, 11) is 0. The van der Waals surface area contributed by atoms with E-state index in [1.807, 2.05) is 0 Å². The molecule has 0 spiro atoms. The summed E-state index contributed by atoms with van der Waals surface area (Å²) in [6, 6.07) is 3.94. The Morgan fingerprint density at radius 3 is 2.68 bits per heavy atom. The van der Waals surface area contributed by atoms with Gasteiger partial charge in [-0.1, -0.05) is 6.07 Å². The first-order chi connectivity index (χ1) is 10.3. The van der Waals surface area contributed by atoms with Crippen molar-refractivity contribution in [2.45, 2.75) is 27.2 Å². The molecule has 0 fully saturated rings. The van der Waals surface area contributed by atoms with Crippen LogP contribution in [0.1, 0.15) is 26.3 Å². The fourth-order valence-corrected chi connectivity index (χ4v) is 1.95. The highest BCUT2D eigenvalue weighted by atomic mass is 79.9. The van der Waals surface area contributed by atoms with Crippen LogP contribution in [0.5, 0.6) is 5.75 Å². The molecule has 0 heterocycles. The first-order valence-electron chi connectivity index (χ1n) is 6.69. The molecule has 0 atom stereocenters. The third kappa shape index (κ3) is 5.89. The highest BCUT2D eigenvalue weighted by molar-refractivity contribution is 9.11. The van der Waals surface area contributed by atoms with Crippen molar-refractivity contribution < 1.29 is 23.8 Å². The minimum absolute atomic E-state index is 0.00717. The van der Waals surface area contributed by atoms with Crippen molar-refractivity contribution in [1.82, 2.24) is 0 Å². The van der Waals surface area contributed by atoms with Gasteiger partial charge in [-0.3, -0.25) is 4.79 Å². The van der Waals surface area contributed by atoms with Gasteiger partial charge in [0.1, 0.15) is 23.1 Å². The molecule has 1 rings (SSSR count). The Morgan fingerprint density at radius 2 is 2.09 bits per heavy atom. The van der Waals surface area contributed by atoms with Crippen LogP contribution in [0.4, 0.5) is 4.39 Å². The van der Waals surface area contributed by atoms with Gasteiger partial charge < -0.3 is 14.6 Å². The van der Waals surface area contributed by atoms with E-state index in [9.17, 15) is 14.3 Å². The Balaban J connectivity index is 3.00. The van der Waals surface area contributed by atoms with E-state index in [1.165, 1.54) is 25.1 Å². The number of rotatable bonds is 6. The van der Waals surface area contributed by atoms with Gasteiger partial charge in [0.25, 0.3) is 0 Å². The fraction of sp³-hybridized carbons (Fsp3) is 0.312. The predicted molar refractivity (Wildman–Crippen MR) is 85.4 cm³/mol. The van der Waals surface area contributed by atoms with Crippen LogP contribution in [-0.4, -0.2) is 17.7 Å². The zero-order valence-corrected chi connectivity index (χ0v) is 14.2. The molecule has 0 amide bonds. The molecular weight excluding hydrogens is 355 g/mol. The van der Waals surface area contributed by atoms with Crippen LogP contribution in [0, 0.1) is 5.82 Å². The van der Waals surface area contributed by atoms with Crippen molar-refractivity contribution in [3.05, 3.63) is 51.7 Å². The van der Waals surface area contributed by atoms with Gasteiger partial charge >= 0.3 is 5.97 Å². The molecule has 120 valence electrons. The van der Waals surface area contributed by atoms with Crippen molar-refractivity contribution in [2.75, 3.05) is 6.61 Å². The molecule has 4 nitrogen and oxygen atoms in total. The minimum Gasteiger partial charge on any atom is -0.511 e. The molecule has 1 aromatic rings. The van der Waals surface area contributed by atoms with Crippen molar-refractivity contribution in [2.24, 2.45) is 0 Å². The van der Waals surface area contributed by atoms with Gasteiger partial charge in [0.05, 0.1) is 17.5 Å². The standard InChI is InChI=1S/C16H18BrFO4/c1-4-21-16(20)8-12-5-6-13(18)9-15(12)22-10(2)7-14(17)11(3)19/h5-7,9,19H,4,8H2,1-3H3/b10-7?,14-11-. The van der Waals surface area contributed by atoms with Crippen LogP contribution in [0.2, 0.25) is 0 Å². The molecule has 1 N–H and O–H groups in total. The Labute approximate surface area is 137 Å². The molecule has 0 aliphatic carbocycles. The lowest BCUT2D eigenvalue weighted by molar-refractivity contribution is -0.142. The summed E-state index contributed by atoms with van der Waals surface area (Å²) in [5.41, 5.74) is 0.522. The van der Waals surface area contributed by atoms with Crippen molar-refractivity contribution >= 4 is 21.9 Å². The summed E-state index contributed by atoms with van der Waals surface area (Å²) >= 11 is 3.18. The van der Waals surface area contributed by atoms with Crippen LogP contribution in [0.3, 0.4) is 0 Å². The number of aliphatic hydroxyl groups excluding tert-OH is 1. The quantitative estimate of drug-likeness (QED) is 0.456. The molecule has 22 heavy (non-hydrogen) atoms. The number of carbonyl (C=O) groups excluding carboxylic acids is 1. The largest absolute Gasteiger partial charge is 0.511 e. The second kappa shape index (κ2) is 8.58. The van der Waals surface area contributed by atoms with Gasteiger partial charge in [0.2, 0.25) is 0 Å². The lowest BCUT2D eigenvalue weighted by Gasteiger charge is -2.11. The van der Waals surface area contributed by atoms with E-state index >= 15 is 0 Å². The van der Waals surface area contributed by atoms with Gasteiger partial charge in [0, 0.05) is 11.6 Å². The Morgan fingerprint density at radius 1 is 1.41 bits per heavy atom. The second-order valence-electron chi connectivity index (χ2n) is 4.52. The zero-order chi connectivity index (χ0) is 16.7. The molecule has 0 aliphatic rings.